The monoisotopic (exact) mass is 453 g/mol. The molecule has 1 amide bonds. The van der Waals surface area contributed by atoms with Gasteiger partial charge in [0, 0.05) is 23.2 Å². The van der Waals surface area contributed by atoms with Crippen LogP contribution in [0.5, 0.6) is 0 Å². The number of nitrogens with zero attached hydrogens (tertiary/aromatic N) is 1. The number of hydrogen-bond acceptors (Lipinski definition) is 4. The Balaban J connectivity index is 2.12. The Kier molecular flexibility index (Phi) is 7.41. The number of anilines is 2. The molecule has 0 saturated heterocycles. The average molecular weight is 454 g/mol. The van der Waals surface area contributed by atoms with E-state index in [0.29, 0.717) is 30.0 Å². The highest BCUT2D eigenvalue weighted by atomic mass is 79.9. The Morgan fingerprint density at radius 2 is 1.78 bits per heavy atom. The molecule has 0 saturated carbocycles. The topological polar surface area (TPSA) is 78.5 Å². The molecule has 2 aromatic carbocycles. The molecule has 0 heterocycles. The zero-order valence-corrected chi connectivity index (χ0v) is 18.0. The molecule has 0 aliphatic rings. The van der Waals surface area contributed by atoms with Gasteiger partial charge in [0.25, 0.3) is 0 Å². The maximum atomic E-state index is 12.8. The second kappa shape index (κ2) is 9.34. The third-order valence-corrected chi connectivity index (χ3v) is 7.00. The molecule has 0 spiro atoms. The van der Waals surface area contributed by atoms with Crippen LogP contribution < -0.4 is 10.6 Å². The summed E-state index contributed by atoms with van der Waals surface area (Å²) in [7, 11) is -3.56. The lowest BCUT2D eigenvalue weighted by Crippen LogP contribution is -2.31. The first-order valence-electron chi connectivity index (χ1n) is 8.68. The van der Waals surface area contributed by atoms with Crippen LogP contribution in [0.2, 0.25) is 0 Å². The summed E-state index contributed by atoms with van der Waals surface area (Å²) in [6, 6.07) is 12.4. The quantitative estimate of drug-likeness (QED) is 0.636. The van der Waals surface area contributed by atoms with Crippen LogP contribution in [0, 0.1) is 6.92 Å². The average Bonchev–Trinajstić information content (AvgIpc) is 2.63. The van der Waals surface area contributed by atoms with E-state index in [2.05, 4.69) is 26.6 Å². The van der Waals surface area contributed by atoms with E-state index in [-0.39, 0.29) is 17.3 Å². The molecule has 6 nitrogen and oxygen atoms in total. The molecule has 8 heteroatoms. The minimum absolute atomic E-state index is 0.0230. The van der Waals surface area contributed by atoms with Crippen molar-refractivity contribution < 1.29 is 13.2 Å². The highest BCUT2D eigenvalue weighted by Gasteiger charge is 2.23. The molecule has 0 aromatic heterocycles. The normalized spacial score (nSPS) is 11.4. The predicted octanol–water partition coefficient (Wildman–Crippen LogP) is 3.84. The number of para-hydroxylation sites is 1. The number of carbonyl (C=O) groups excluding carboxylic acids is 1. The molecule has 2 aromatic rings. The van der Waals surface area contributed by atoms with Crippen LogP contribution in [-0.2, 0) is 14.8 Å². The number of amides is 1. The third-order valence-electron chi connectivity index (χ3n) is 4.11. The highest BCUT2D eigenvalue weighted by molar-refractivity contribution is 9.10. The Morgan fingerprint density at radius 1 is 1.11 bits per heavy atom. The van der Waals surface area contributed by atoms with Gasteiger partial charge in [0.05, 0.1) is 17.1 Å². The van der Waals surface area contributed by atoms with Crippen LogP contribution in [0.3, 0.4) is 0 Å². The Bertz CT molecular complexity index is 912. The molecule has 2 rings (SSSR count). The van der Waals surface area contributed by atoms with Gasteiger partial charge in [-0.15, -0.1) is 0 Å². The van der Waals surface area contributed by atoms with Crippen molar-refractivity contribution in [2.75, 3.05) is 30.3 Å². The number of halogens is 1. The number of aryl methyl sites for hydroxylation is 1. The molecule has 0 unspecified atom stereocenters. The van der Waals surface area contributed by atoms with Crippen molar-refractivity contribution >= 4 is 43.2 Å². The van der Waals surface area contributed by atoms with Gasteiger partial charge in [-0.3, -0.25) is 4.79 Å². The van der Waals surface area contributed by atoms with E-state index < -0.39 is 10.0 Å². The van der Waals surface area contributed by atoms with Crippen molar-refractivity contribution in [1.82, 2.24) is 4.31 Å². The van der Waals surface area contributed by atoms with Crippen LogP contribution >= 0.6 is 15.9 Å². The number of benzene rings is 2. The highest BCUT2D eigenvalue weighted by Crippen LogP contribution is 2.24. The van der Waals surface area contributed by atoms with E-state index >= 15 is 0 Å². The molecular weight excluding hydrogens is 430 g/mol. The molecule has 0 bridgehead atoms. The lowest BCUT2D eigenvalue weighted by molar-refractivity contribution is -0.114. The maximum absolute atomic E-state index is 12.8. The summed E-state index contributed by atoms with van der Waals surface area (Å²) in [4.78, 5) is 12.4. The van der Waals surface area contributed by atoms with Crippen LogP contribution in [-0.4, -0.2) is 38.3 Å². The van der Waals surface area contributed by atoms with Gasteiger partial charge in [0.2, 0.25) is 15.9 Å². The summed E-state index contributed by atoms with van der Waals surface area (Å²) in [6.07, 6.45) is 0. The van der Waals surface area contributed by atoms with Gasteiger partial charge in [0.1, 0.15) is 0 Å². The predicted molar refractivity (Wildman–Crippen MR) is 113 cm³/mol. The number of sulfonamides is 1. The van der Waals surface area contributed by atoms with Crippen LogP contribution in [0.15, 0.2) is 51.8 Å². The van der Waals surface area contributed by atoms with E-state index in [1.807, 2.05) is 32.0 Å². The Morgan fingerprint density at radius 3 is 2.41 bits per heavy atom. The fourth-order valence-electron chi connectivity index (χ4n) is 2.63. The summed E-state index contributed by atoms with van der Waals surface area (Å²) in [5.74, 6) is -0.226. The molecular formula is C19H24BrN3O3S. The number of rotatable bonds is 8. The van der Waals surface area contributed by atoms with E-state index in [1.165, 1.54) is 4.31 Å². The van der Waals surface area contributed by atoms with Gasteiger partial charge < -0.3 is 10.6 Å². The van der Waals surface area contributed by atoms with Gasteiger partial charge in [-0.05, 0) is 52.7 Å². The van der Waals surface area contributed by atoms with Crippen molar-refractivity contribution in [1.29, 1.82) is 0 Å². The summed E-state index contributed by atoms with van der Waals surface area (Å²) in [6.45, 7) is 6.22. The van der Waals surface area contributed by atoms with Crippen LogP contribution in [0.25, 0.3) is 0 Å². The first-order valence-corrected chi connectivity index (χ1v) is 10.9. The summed E-state index contributed by atoms with van der Waals surface area (Å²) in [5, 5.41) is 5.79. The minimum Gasteiger partial charge on any atom is -0.376 e. The second-order valence-corrected chi connectivity index (χ2v) is 8.71. The first kappa shape index (κ1) is 21.4. The van der Waals surface area contributed by atoms with Crippen molar-refractivity contribution in [2.45, 2.75) is 25.7 Å². The van der Waals surface area contributed by atoms with E-state index in [4.69, 9.17) is 0 Å². The van der Waals surface area contributed by atoms with Gasteiger partial charge >= 0.3 is 0 Å². The molecule has 0 radical (unpaired) electrons. The lowest BCUT2D eigenvalue weighted by atomic mass is 10.2. The Hall–Kier alpha value is -1.90. The molecule has 0 aliphatic heterocycles. The second-order valence-electron chi connectivity index (χ2n) is 5.95. The third kappa shape index (κ3) is 5.31. The minimum atomic E-state index is -3.56. The molecule has 0 aliphatic carbocycles. The van der Waals surface area contributed by atoms with Crippen molar-refractivity contribution in [3.63, 3.8) is 0 Å². The smallest absolute Gasteiger partial charge is 0.243 e. The van der Waals surface area contributed by atoms with Crippen molar-refractivity contribution in [3.05, 3.63) is 52.5 Å². The number of hydrogen-bond donors (Lipinski definition) is 2. The van der Waals surface area contributed by atoms with E-state index in [9.17, 15) is 13.2 Å². The van der Waals surface area contributed by atoms with Crippen molar-refractivity contribution in [3.8, 4) is 0 Å². The Labute approximate surface area is 169 Å². The lowest BCUT2D eigenvalue weighted by Gasteiger charge is -2.20. The van der Waals surface area contributed by atoms with Crippen LogP contribution in [0.1, 0.15) is 19.4 Å². The van der Waals surface area contributed by atoms with Crippen LogP contribution in [0.4, 0.5) is 11.4 Å². The molecule has 27 heavy (non-hydrogen) atoms. The standard InChI is InChI=1S/C19H24BrN3O3S/c1-4-23(5-2)27(25,26)18-12-15(11-10-14(18)3)21-13-19(24)22-17-9-7-6-8-16(17)20/h6-12,21H,4-5,13H2,1-3H3,(H,22,24). The molecule has 0 atom stereocenters. The first-order chi connectivity index (χ1) is 12.8. The van der Waals surface area contributed by atoms with Gasteiger partial charge in [-0.2, -0.15) is 4.31 Å². The van der Waals surface area contributed by atoms with E-state index in [1.54, 1.807) is 31.2 Å². The zero-order chi connectivity index (χ0) is 20.0. The maximum Gasteiger partial charge on any atom is 0.243 e. The van der Waals surface area contributed by atoms with Gasteiger partial charge in [-0.25, -0.2) is 8.42 Å². The number of carbonyl (C=O) groups is 1. The molecule has 2 N–H and O–H groups in total. The number of nitrogens with one attached hydrogen (secondary N) is 2. The zero-order valence-electron chi connectivity index (χ0n) is 15.6. The molecule has 146 valence electrons. The SMILES string of the molecule is CCN(CC)S(=O)(=O)c1cc(NCC(=O)Nc2ccccc2Br)ccc1C. The fraction of sp³-hybridized carbons (Fsp3) is 0.316. The summed E-state index contributed by atoms with van der Waals surface area (Å²) in [5.41, 5.74) is 1.93. The summed E-state index contributed by atoms with van der Waals surface area (Å²) >= 11 is 3.38. The van der Waals surface area contributed by atoms with Crippen molar-refractivity contribution in [2.24, 2.45) is 0 Å². The van der Waals surface area contributed by atoms with Gasteiger partial charge in [-0.1, -0.05) is 32.0 Å². The largest absolute Gasteiger partial charge is 0.376 e. The van der Waals surface area contributed by atoms with E-state index in [0.717, 1.165) is 4.47 Å². The van der Waals surface area contributed by atoms with Gasteiger partial charge in [0.15, 0.2) is 0 Å². The summed E-state index contributed by atoms with van der Waals surface area (Å²) < 4.78 is 27.8. The fourth-order valence-corrected chi connectivity index (χ4v) is 4.72. The molecule has 0 fully saturated rings.